The molecule has 0 unspecified atom stereocenters. The second kappa shape index (κ2) is 8.26. The van der Waals surface area contributed by atoms with Gasteiger partial charge in [0.1, 0.15) is 22.8 Å². The zero-order valence-corrected chi connectivity index (χ0v) is 15.7. The molecule has 5 heteroatoms. The number of esters is 1. The maximum absolute atomic E-state index is 11.8. The molecule has 0 fully saturated rings. The van der Waals surface area contributed by atoms with Crippen LogP contribution in [-0.4, -0.2) is 17.7 Å². The van der Waals surface area contributed by atoms with Gasteiger partial charge in [0.2, 0.25) is 0 Å². The van der Waals surface area contributed by atoms with Crippen LogP contribution in [0.25, 0.3) is 0 Å². The molecular weight excluding hydrogens is 340 g/mol. The Morgan fingerprint density at radius 1 is 0.960 bits per heavy atom. The molecule has 0 aromatic heterocycles. The van der Waals surface area contributed by atoms with Crippen LogP contribution in [0, 0.1) is 0 Å². The molecular formula is C20H23ClO4. The van der Waals surface area contributed by atoms with Crippen LogP contribution in [0.5, 0.6) is 17.2 Å². The van der Waals surface area contributed by atoms with E-state index in [9.17, 15) is 4.79 Å². The van der Waals surface area contributed by atoms with Gasteiger partial charge in [-0.25, -0.2) is 0 Å². The van der Waals surface area contributed by atoms with Crippen LogP contribution in [0.3, 0.4) is 0 Å². The second-order valence-electron chi connectivity index (χ2n) is 6.60. The molecule has 0 amide bonds. The minimum atomic E-state index is -0.662. The number of carbonyl (C=O) groups is 1. The summed E-state index contributed by atoms with van der Waals surface area (Å²) in [5.74, 6) is 1.77. The van der Waals surface area contributed by atoms with Gasteiger partial charge in [-0.05, 0) is 76.2 Å². The molecule has 0 saturated heterocycles. The number of carbonyl (C=O) groups excluding carboxylic acids is 1. The van der Waals surface area contributed by atoms with Gasteiger partial charge >= 0.3 is 5.97 Å². The molecule has 4 nitrogen and oxygen atoms in total. The highest BCUT2D eigenvalue weighted by atomic mass is 35.5. The zero-order valence-electron chi connectivity index (χ0n) is 14.9. The number of benzene rings is 2. The van der Waals surface area contributed by atoms with Crippen LogP contribution >= 0.6 is 11.6 Å². The lowest BCUT2D eigenvalue weighted by Crippen LogP contribution is -2.32. The Morgan fingerprint density at radius 2 is 1.44 bits per heavy atom. The van der Waals surface area contributed by atoms with E-state index < -0.39 is 5.60 Å². The maximum Gasteiger partial charge on any atom is 0.310 e. The first-order valence-electron chi connectivity index (χ1n) is 8.15. The summed E-state index contributed by atoms with van der Waals surface area (Å²) in [7, 11) is 0. The normalized spacial score (nSPS) is 11.3. The van der Waals surface area contributed by atoms with Crippen molar-refractivity contribution >= 4 is 17.6 Å². The van der Waals surface area contributed by atoms with E-state index in [1.165, 1.54) is 0 Å². The van der Waals surface area contributed by atoms with E-state index in [0.717, 1.165) is 0 Å². The standard InChI is InChI=1S/C20H23ClO4/c1-14(2)23-19(22)13-20(3,4)25-18-11-9-17(10-12-18)24-16-7-5-15(21)6-8-16/h5-12,14H,13H2,1-4H3. The molecule has 0 atom stereocenters. The summed E-state index contributed by atoms with van der Waals surface area (Å²) in [6.45, 7) is 7.36. The molecule has 134 valence electrons. The topological polar surface area (TPSA) is 44.8 Å². The van der Waals surface area contributed by atoms with Crippen molar-refractivity contribution in [2.75, 3.05) is 0 Å². The first-order valence-corrected chi connectivity index (χ1v) is 8.53. The Morgan fingerprint density at radius 3 is 1.96 bits per heavy atom. The molecule has 0 saturated carbocycles. The van der Waals surface area contributed by atoms with Crippen LogP contribution in [0.1, 0.15) is 34.1 Å². The lowest BCUT2D eigenvalue weighted by atomic mass is 10.1. The summed E-state index contributed by atoms with van der Waals surface area (Å²) in [5.41, 5.74) is -0.662. The number of rotatable bonds is 7. The van der Waals surface area contributed by atoms with Crippen molar-refractivity contribution < 1.29 is 19.0 Å². The smallest absolute Gasteiger partial charge is 0.310 e. The lowest BCUT2D eigenvalue weighted by molar-refractivity contribution is -0.151. The van der Waals surface area contributed by atoms with Crippen LogP contribution in [0.2, 0.25) is 5.02 Å². The monoisotopic (exact) mass is 362 g/mol. The molecule has 2 rings (SSSR count). The fraction of sp³-hybridized carbons (Fsp3) is 0.350. The van der Waals surface area contributed by atoms with Crippen LogP contribution in [0.15, 0.2) is 48.5 Å². The van der Waals surface area contributed by atoms with Crippen molar-refractivity contribution in [2.45, 2.75) is 45.8 Å². The highest BCUT2D eigenvalue weighted by Crippen LogP contribution is 2.27. The van der Waals surface area contributed by atoms with E-state index in [2.05, 4.69) is 0 Å². The Bertz CT molecular complexity index is 691. The molecule has 0 spiro atoms. The Balaban J connectivity index is 1.94. The molecule has 0 radical (unpaired) electrons. The van der Waals surface area contributed by atoms with Crippen molar-refractivity contribution in [1.82, 2.24) is 0 Å². The highest BCUT2D eigenvalue weighted by Gasteiger charge is 2.25. The summed E-state index contributed by atoms with van der Waals surface area (Å²) in [6, 6.07) is 14.4. The minimum Gasteiger partial charge on any atom is -0.487 e. The third-order valence-corrected chi connectivity index (χ3v) is 3.46. The van der Waals surface area contributed by atoms with Crippen LogP contribution < -0.4 is 9.47 Å². The lowest BCUT2D eigenvalue weighted by Gasteiger charge is -2.26. The van der Waals surface area contributed by atoms with Gasteiger partial charge in [-0.1, -0.05) is 11.6 Å². The fourth-order valence-electron chi connectivity index (χ4n) is 2.22. The average Bonchev–Trinajstić information content (AvgIpc) is 2.49. The summed E-state index contributed by atoms with van der Waals surface area (Å²) in [6.07, 6.45) is 0.0430. The number of halogens is 1. The second-order valence-corrected chi connectivity index (χ2v) is 7.04. The molecule has 25 heavy (non-hydrogen) atoms. The molecule has 0 heterocycles. The molecule has 0 N–H and O–H groups in total. The molecule has 0 aliphatic heterocycles. The first-order chi connectivity index (χ1) is 11.7. The van der Waals surface area contributed by atoms with E-state index in [1.807, 2.05) is 39.8 Å². The molecule has 0 aliphatic carbocycles. The van der Waals surface area contributed by atoms with Gasteiger partial charge in [0.05, 0.1) is 12.5 Å². The van der Waals surface area contributed by atoms with Crippen LogP contribution in [0.4, 0.5) is 0 Å². The first kappa shape index (κ1) is 19.1. The van der Waals surface area contributed by atoms with E-state index in [-0.39, 0.29) is 18.5 Å². The van der Waals surface area contributed by atoms with E-state index >= 15 is 0 Å². The van der Waals surface area contributed by atoms with Gasteiger partial charge in [0.15, 0.2) is 0 Å². The van der Waals surface area contributed by atoms with Crippen molar-refractivity contribution in [2.24, 2.45) is 0 Å². The summed E-state index contributed by atoms with van der Waals surface area (Å²) in [5, 5.41) is 0.661. The van der Waals surface area contributed by atoms with Gasteiger partial charge in [-0.15, -0.1) is 0 Å². The summed E-state index contributed by atoms with van der Waals surface area (Å²) < 4.78 is 16.8. The van der Waals surface area contributed by atoms with E-state index in [4.69, 9.17) is 25.8 Å². The molecule has 0 bridgehead atoms. The third kappa shape index (κ3) is 6.67. The summed E-state index contributed by atoms with van der Waals surface area (Å²) in [4.78, 5) is 11.8. The quantitative estimate of drug-likeness (QED) is 0.598. The van der Waals surface area contributed by atoms with E-state index in [1.54, 1.807) is 36.4 Å². The average molecular weight is 363 g/mol. The molecule has 2 aromatic carbocycles. The van der Waals surface area contributed by atoms with Gasteiger partial charge in [-0.2, -0.15) is 0 Å². The Hall–Kier alpha value is -2.20. The Kier molecular flexibility index (Phi) is 6.32. The SMILES string of the molecule is CC(C)OC(=O)CC(C)(C)Oc1ccc(Oc2ccc(Cl)cc2)cc1. The number of hydrogen-bond acceptors (Lipinski definition) is 4. The van der Waals surface area contributed by atoms with Crippen molar-refractivity contribution in [3.05, 3.63) is 53.6 Å². The third-order valence-electron chi connectivity index (χ3n) is 3.20. The zero-order chi connectivity index (χ0) is 18.4. The van der Waals surface area contributed by atoms with Gasteiger partial charge < -0.3 is 14.2 Å². The summed E-state index contributed by atoms with van der Waals surface area (Å²) >= 11 is 5.86. The predicted octanol–water partition coefficient (Wildman–Crippen LogP) is 5.63. The van der Waals surface area contributed by atoms with Gasteiger partial charge in [-0.3, -0.25) is 4.79 Å². The largest absolute Gasteiger partial charge is 0.487 e. The minimum absolute atomic E-state index is 0.132. The van der Waals surface area contributed by atoms with Crippen molar-refractivity contribution in [1.29, 1.82) is 0 Å². The van der Waals surface area contributed by atoms with Gasteiger partial charge in [0.25, 0.3) is 0 Å². The predicted molar refractivity (Wildman–Crippen MR) is 98.5 cm³/mol. The van der Waals surface area contributed by atoms with Crippen LogP contribution in [-0.2, 0) is 9.53 Å². The number of hydrogen-bond donors (Lipinski definition) is 0. The maximum atomic E-state index is 11.8. The van der Waals surface area contributed by atoms with Crippen molar-refractivity contribution in [3.8, 4) is 17.2 Å². The van der Waals surface area contributed by atoms with Gasteiger partial charge in [0, 0.05) is 5.02 Å². The Labute approximate surface area is 153 Å². The van der Waals surface area contributed by atoms with Crippen molar-refractivity contribution in [3.63, 3.8) is 0 Å². The molecule has 0 aliphatic rings. The highest BCUT2D eigenvalue weighted by molar-refractivity contribution is 6.30. The fourth-order valence-corrected chi connectivity index (χ4v) is 2.35. The van der Waals surface area contributed by atoms with E-state index in [0.29, 0.717) is 22.3 Å². The molecule has 2 aromatic rings. The number of ether oxygens (including phenoxy) is 3.